The minimum absolute atomic E-state index is 0.164. The molecule has 2 aromatic rings. The molecule has 0 aromatic heterocycles. The molecule has 1 aliphatic heterocycles. The summed E-state index contributed by atoms with van der Waals surface area (Å²) in [5, 5.41) is 2.83. The van der Waals surface area contributed by atoms with Gasteiger partial charge in [-0.05, 0) is 30.3 Å². The molecular formula is C18H17NO4. The van der Waals surface area contributed by atoms with E-state index in [1.807, 2.05) is 12.1 Å². The molecule has 1 atom stereocenters. The van der Waals surface area contributed by atoms with E-state index in [1.165, 1.54) is 0 Å². The maximum atomic E-state index is 12.2. The Morgan fingerprint density at radius 3 is 2.87 bits per heavy atom. The van der Waals surface area contributed by atoms with Crippen molar-refractivity contribution in [3.05, 3.63) is 66.2 Å². The minimum atomic E-state index is -0.570. The van der Waals surface area contributed by atoms with Gasteiger partial charge in [0.15, 0.2) is 17.7 Å². The number of carbonyl (C=O) groups is 1. The number of rotatable bonds is 5. The Bertz CT molecular complexity index is 742. The second-order valence-electron chi connectivity index (χ2n) is 4.98. The number of ether oxygens (including phenoxy) is 3. The smallest absolute Gasteiger partial charge is 0.258 e. The predicted octanol–water partition coefficient (Wildman–Crippen LogP) is 3.08. The standard InChI is InChI=1S/C18H17NO4/c1-3-10-22-15-9-8-12(11-16(15)21-2)18-19-17(20)13-6-4-5-7-14(13)23-18/h3-9,11,18H,1,10H2,2H3,(H,19,20)/t18-/m1/s1. The molecule has 0 aliphatic carbocycles. The van der Waals surface area contributed by atoms with Crippen LogP contribution in [0.2, 0.25) is 0 Å². The van der Waals surface area contributed by atoms with Gasteiger partial charge in [-0.2, -0.15) is 0 Å². The maximum absolute atomic E-state index is 12.2. The lowest BCUT2D eigenvalue weighted by molar-refractivity contribution is 0.0755. The summed E-state index contributed by atoms with van der Waals surface area (Å²) in [5.41, 5.74) is 1.30. The van der Waals surface area contributed by atoms with Crippen molar-refractivity contribution in [2.75, 3.05) is 13.7 Å². The molecule has 1 aliphatic rings. The molecule has 5 heteroatoms. The van der Waals surface area contributed by atoms with E-state index in [9.17, 15) is 4.79 Å². The molecule has 0 radical (unpaired) electrons. The van der Waals surface area contributed by atoms with Crippen LogP contribution in [0.25, 0.3) is 0 Å². The number of hydrogen-bond donors (Lipinski definition) is 1. The number of benzene rings is 2. The highest BCUT2D eigenvalue weighted by Crippen LogP contribution is 2.34. The van der Waals surface area contributed by atoms with Crippen molar-refractivity contribution in [1.82, 2.24) is 5.32 Å². The highest BCUT2D eigenvalue weighted by Gasteiger charge is 2.26. The first-order valence-corrected chi connectivity index (χ1v) is 7.21. The van der Waals surface area contributed by atoms with Crippen molar-refractivity contribution in [2.45, 2.75) is 6.23 Å². The third-order valence-electron chi connectivity index (χ3n) is 3.49. The highest BCUT2D eigenvalue weighted by molar-refractivity contribution is 5.98. The minimum Gasteiger partial charge on any atom is -0.493 e. The van der Waals surface area contributed by atoms with Crippen LogP contribution in [0.1, 0.15) is 22.1 Å². The Labute approximate surface area is 134 Å². The van der Waals surface area contributed by atoms with Gasteiger partial charge in [0.1, 0.15) is 12.4 Å². The highest BCUT2D eigenvalue weighted by atomic mass is 16.5. The summed E-state index contributed by atoms with van der Waals surface area (Å²) in [6, 6.07) is 12.6. The normalized spacial score (nSPS) is 15.9. The van der Waals surface area contributed by atoms with Crippen molar-refractivity contribution in [1.29, 1.82) is 0 Å². The second-order valence-corrected chi connectivity index (χ2v) is 4.98. The third-order valence-corrected chi connectivity index (χ3v) is 3.49. The first-order chi connectivity index (χ1) is 11.2. The van der Waals surface area contributed by atoms with E-state index < -0.39 is 6.23 Å². The Balaban J connectivity index is 1.88. The lowest BCUT2D eigenvalue weighted by Crippen LogP contribution is -2.36. The van der Waals surface area contributed by atoms with E-state index in [2.05, 4.69) is 11.9 Å². The summed E-state index contributed by atoms with van der Waals surface area (Å²) in [4.78, 5) is 12.2. The van der Waals surface area contributed by atoms with Gasteiger partial charge in [-0.1, -0.05) is 24.8 Å². The Hall–Kier alpha value is -2.95. The number of amides is 1. The topological polar surface area (TPSA) is 56.8 Å². The van der Waals surface area contributed by atoms with Crippen molar-refractivity contribution in [3.8, 4) is 17.2 Å². The second kappa shape index (κ2) is 6.44. The molecule has 0 bridgehead atoms. The van der Waals surface area contributed by atoms with E-state index in [4.69, 9.17) is 14.2 Å². The van der Waals surface area contributed by atoms with Crippen LogP contribution in [0.15, 0.2) is 55.1 Å². The monoisotopic (exact) mass is 311 g/mol. The number of nitrogens with one attached hydrogen (secondary N) is 1. The van der Waals surface area contributed by atoms with Gasteiger partial charge in [0.05, 0.1) is 12.7 Å². The molecule has 0 fully saturated rings. The zero-order chi connectivity index (χ0) is 16.2. The molecule has 1 amide bonds. The molecule has 0 spiro atoms. The summed E-state index contributed by atoms with van der Waals surface area (Å²) in [6.45, 7) is 4.01. The van der Waals surface area contributed by atoms with Crippen LogP contribution in [-0.4, -0.2) is 19.6 Å². The fourth-order valence-corrected chi connectivity index (χ4v) is 2.38. The van der Waals surface area contributed by atoms with Gasteiger partial charge in [-0.3, -0.25) is 4.79 Å². The van der Waals surface area contributed by atoms with E-state index in [-0.39, 0.29) is 5.91 Å². The third kappa shape index (κ3) is 2.99. The van der Waals surface area contributed by atoms with Crippen molar-refractivity contribution in [2.24, 2.45) is 0 Å². The fourth-order valence-electron chi connectivity index (χ4n) is 2.38. The molecular weight excluding hydrogens is 294 g/mol. The fraction of sp³-hybridized carbons (Fsp3) is 0.167. The van der Waals surface area contributed by atoms with Crippen LogP contribution >= 0.6 is 0 Å². The van der Waals surface area contributed by atoms with Gasteiger partial charge >= 0.3 is 0 Å². The van der Waals surface area contributed by atoms with Crippen LogP contribution in [0.5, 0.6) is 17.2 Å². The van der Waals surface area contributed by atoms with Crippen molar-refractivity contribution in [3.63, 3.8) is 0 Å². The van der Waals surface area contributed by atoms with Crippen LogP contribution in [0.3, 0.4) is 0 Å². The number of methoxy groups -OCH3 is 1. The number of carbonyl (C=O) groups excluding carboxylic acids is 1. The molecule has 0 saturated carbocycles. The number of para-hydroxylation sites is 1. The Kier molecular flexibility index (Phi) is 4.19. The number of fused-ring (bicyclic) bond motifs is 1. The SMILES string of the molecule is C=CCOc1ccc([C@@H]2NC(=O)c3ccccc3O2)cc1OC. The molecule has 23 heavy (non-hydrogen) atoms. The molecule has 2 aromatic carbocycles. The first-order valence-electron chi connectivity index (χ1n) is 7.21. The molecule has 0 saturated heterocycles. The molecule has 0 unspecified atom stereocenters. The van der Waals surface area contributed by atoms with E-state index >= 15 is 0 Å². The average Bonchev–Trinajstić information content (AvgIpc) is 2.59. The van der Waals surface area contributed by atoms with Crippen molar-refractivity contribution >= 4 is 5.91 Å². The summed E-state index contributed by atoms with van der Waals surface area (Å²) >= 11 is 0. The van der Waals surface area contributed by atoms with Crippen LogP contribution in [0.4, 0.5) is 0 Å². The zero-order valence-corrected chi connectivity index (χ0v) is 12.7. The molecule has 1 N–H and O–H groups in total. The lowest BCUT2D eigenvalue weighted by atomic mass is 10.1. The summed E-state index contributed by atoms with van der Waals surface area (Å²) < 4.78 is 16.7. The number of hydrogen-bond acceptors (Lipinski definition) is 4. The molecule has 3 rings (SSSR count). The summed E-state index contributed by atoms with van der Waals surface area (Å²) in [5.74, 6) is 1.58. The predicted molar refractivity (Wildman–Crippen MR) is 86.0 cm³/mol. The zero-order valence-electron chi connectivity index (χ0n) is 12.7. The summed E-state index contributed by atoms with van der Waals surface area (Å²) in [7, 11) is 1.56. The van der Waals surface area contributed by atoms with Gasteiger partial charge < -0.3 is 19.5 Å². The average molecular weight is 311 g/mol. The Morgan fingerprint density at radius 2 is 2.09 bits per heavy atom. The molecule has 1 heterocycles. The van der Waals surface area contributed by atoms with Gasteiger partial charge in [0.25, 0.3) is 5.91 Å². The van der Waals surface area contributed by atoms with Crippen LogP contribution in [-0.2, 0) is 0 Å². The van der Waals surface area contributed by atoms with E-state index in [1.54, 1.807) is 43.5 Å². The lowest BCUT2D eigenvalue weighted by Gasteiger charge is -2.27. The van der Waals surface area contributed by atoms with Crippen LogP contribution < -0.4 is 19.5 Å². The summed E-state index contributed by atoms with van der Waals surface area (Å²) in [6.07, 6.45) is 1.09. The largest absolute Gasteiger partial charge is 0.493 e. The van der Waals surface area contributed by atoms with Gasteiger partial charge in [-0.25, -0.2) is 0 Å². The van der Waals surface area contributed by atoms with E-state index in [0.717, 1.165) is 5.56 Å². The molecule has 118 valence electrons. The quantitative estimate of drug-likeness (QED) is 0.862. The first kappa shape index (κ1) is 15.0. The molecule has 5 nitrogen and oxygen atoms in total. The van der Waals surface area contributed by atoms with Gasteiger partial charge in [-0.15, -0.1) is 0 Å². The van der Waals surface area contributed by atoms with Gasteiger partial charge in [0, 0.05) is 5.56 Å². The van der Waals surface area contributed by atoms with E-state index in [0.29, 0.717) is 29.4 Å². The van der Waals surface area contributed by atoms with Crippen LogP contribution in [0, 0.1) is 0 Å². The van der Waals surface area contributed by atoms with Gasteiger partial charge in [0.2, 0.25) is 0 Å². The van der Waals surface area contributed by atoms with Crippen molar-refractivity contribution < 1.29 is 19.0 Å². The maximum Gasteiger partial charge on any atom is 0.258 e. The Morgan fingerprint density at radius 1 is 1.26 bits per heavy atom.